The summed E-state index contributed by atoms with van der Waals surface area (Å²) in [7, 11) is 0. The van der Waals surface area contributed by atoms with Crippen LogP contribution in [-0.2, 0) is 5.75 Å². The third-order valence-electron chi connectivity index (χ3n) is 5.61. The SMILES string of the molecule is CC[C@@H](C)n1c(SCc2cc(=O)oc3cc(C)c(C)cc23)nc2ccccc2c1=O. The number of aryl methyl sites for hydroxylation is 2. The Hall–Kier alpha value is -2.86. The maximum absolute atomic E-state index is 13.2. The van der Waals surface area contributed by atoms with Crippen molar-refractivity contribution in [3.05, 3.63) is 79.9 Å². The van der Waals surface area contributed by atoms with Crippen LogP contribution < -0.4 is 11.2 Å². The number of hydrogen-bond acceptors (Lipinski definition) is 5. The topological polar surface area (TPSA) is 65.1 Å². The lowest BCUT2D eigenvalue weighted by molar-refractivity contribution is 0.468. The molecule has 0 unspecified atom stereocenters. The average Bonchev–Trinajstić information content (AvgIpc) is 2.73. The summed E-state index contributed by atoms with van der Waals surface area (Å²) >= 11 is 1.48. The van der Waals surface area contributed by atoms with E-state index in [-0.39, 0.29) is 17.2 Å². The molecule has 0 radical (unpaired) electrons. The maximum Gasteiger partial charge on any atom is 0.336 e. The van der Waals surface area contributed by atoms with Crippen molar-refractivity contribution in [2.75, 3.05) is 0 Å². The second-order valence-corrected chi connectivity index (χ2v) is 8.60. The second kappa shape index (κ2) is 8.11. The lowest BCUT2D eigenvalue weighted by Crippen LogP contribution is -2.26. The molecule has 0 saturated carbocycles. The molecule has 2 heterocycles. The highest BCUT2D eigenvalue weighted by Crippen LogP contribution is 2.29. The molecular weight excluding hydrogens is 396 g/mol. The molecule has 5 nitrogen and oxygen atoms in total. The van der Waals surface area contributed by atoms with E-state index in [1.165, 1.54) is 17.8 Å². The number of thioether (sulfide) groups is 1. The summed E-state index contributed by atoms with van der Waals surface area (Å²) in [6, 6.07) is 13.0. The Morgan fingerprint density at radius 2 is 1.80 bits per heavy atom. The van der Waals surface area contributed by atoms with Crippen LogP contribution in [0.2, 0.25) is 0 Å². The minimum absolute atomic E-state index is 0.0265. The Morgan fingerprint density at radius 3 is 2.57 bits per heavy atom. The zero-order chi connectivity index (χ0) is 21.4. The highest BCUT2D eigenvalue weighted by atomic mass is 32.2. The van der Waals surface area contributed by atoms with Crippen molar-refractivity contribution in [1.29, 1.82) is 0 Å². The average molecular weight is 421 g/mol. The van der Waals surface area contributed by atoms with Crippen molar-refractivity contribution >= 4 is 33.6 Å². The Morgan fingerprint density at radius 1 is 1.07 bits per heavy atom. The molecular formula is C24H24N2O3S. The van der Waals surface area contributed by atoms with Crippen LogP contribution in [0.25, 0.3) is 21.9 Å². The van der Waals surface area contributed by atoms with Gasteiger partial charge in [-0.1, -0.05) is 30.8 Å². The molecule has 1 atom stereocenters. The first-order valence-corrected chi connectivity index (χ1v) is 11.1. The molecule has 0 aliphatic carbocycles. The van der Waals surface area contributed by atoms with E-state index in [4.69, 9.17) is 9.40 Å². The number of hydrogen-bond donors (Lipinski definition) is 0. The van der Waals surface area contributed by atoms with Gasteiger partial charge in [0.05, 0.1) is 10.9 Å². The molecule has 154 valence electrons. The zero-order valence-electron chi connectivity index (χ0n) is 17.6. The normalized spacial score (nSPS) is 12.5. The molecule has 30 heavy (non-hydrogen) atoms. The van der Waals surface area contributed by atoms with Gasteiger partial charge in [0.25, 0.3) is 5.56 Å². The van der Waals surface area contributed by atoms with E-state index in [0.717, 1.165) is 28.5 Å². The predicted octanol–water partition coefficient (Wildman–Crippen LogP) is 5.38. The summed E-state index contributed by atoms with van der Waals surface area (Å²) < 4.78 is 7.18. The number of benzene rings is 2. The molecule has 0 aliphatic heterocycles. The Kier molecular flexibility index (Phi) is 5.52. The third kappa shape index (κ3) is 3.67. The van der Waals surface area contributed by atoms with Gasteiger partial charge in [0.15, 0.2) is 5.16 Å². The zero-order valence-corrected chi connectivity index (χ0v) is 18.4. The van der Waals surface area contributed by atoms with Crippen LogP contribution in [0, 0.1) is 13.8 Å². The summed E-state index contributed by atoms with van der Waals surface area (Å²) in [5.74, 6) is 0.520. The van der Waals surface area contributed by atoms with E-state index in [1.807, 2.05) is 51.1 Å². The van der Waals surface area contributed by atoms with Gasteiger partial charge in [-0.2, -0.15) is 0 Å². The van der Waals surface area contributed by atoms with Gasteiger partial charge in [-0.25, -0.2) is 9.78 Å². The van der Waals surface area contributed by atoms with Crippen molar-refractivity contribution in [2.45, 2.75) is 51.1 Å². The number of fused-ring (bicyclic) bond motifs is 2. The third-order valence-corrected chi connectivity index (χ3v) is 6.61. The quantitative estimate of drug-likeness (QED) is 0.246. The van der Waals surface area contributed by atoms with Gasteiger partial charge in [-0.3, -0.25) is 9.36 Å². The highest BCUT2D eigenvalue weighted by Gasteiger charge is 2.16. The smallest absolute Gasteiger partial charge is 0.336 e. The van der Waals surface area contributed by atoms with Gasteiger partial charge >= 0.3 is 5.63 Å². The van der Waals surface area contributed by atoms with Crippen molar-refractivity contribution in [3.8, 4) is 0 Å². The fraction of sp³-hybridized carbons (Fsp3) is 0.292. The molecule has 2 aromatic heterocycles. The molecule has 0 spiro atoms. The summed E-state index contributed by atoms with van der Waals surface area (Å²) in [5.41, 5.74) is 3.99. The van der Waals surface area contributed by atoms with Crippen molar-refractivity contribution in [3.63, 3.8) is 0 Å². The second-order valence-electron chi connectivity index (χ2n) is 7.66. The molecule has 0 fully saturated rings. The van der Waals surface area contributed by atoms with Gasteiger partial charge in [0, 0.05) is 23.2 Å². The molecule has 0 bridgehead atoms. The molecule has 0 aliphatic rings. The largest absolute Gasteiger partial charge is 0.423 e. The van der Waals surface area contributed by atoms with Crippen LogP contribution in [0.15, 0.2) is 61.6 Å². The van der Waals surface area contributed by atoms with E-state index in [1.54, 1.807) is 4.57 Å². The Labute approximate surface area is 178 Å². The standard InChI is InChI=1S/C24H24N2O3S/c1-5-16(4)26-23(28)18-8-6-7-9-20(18)25-24(26)30-13-17-12-22(27)29-21-11-15(3)14(2)10-19(17)21/h6-12,16H,5,13H2,1-4H3/t16-/m1/s1. The van der Waals surface area contributed by atoms with Gasteiger partial charge in [-0.15, -0.1) is 0 Å². The molecule has 2 aromatic carbocycles. The van der Waals surface area contributed by atoms with E-state index in [9.17, 15) is 9.59 Å². The van der Waals surface area contributed by atoms with Crippen LogP contribution in [0.4, 0.5) is 0 Å². The summed E-state index contributed by atoms with van der Waals surface area (Å²) in [6.45, 7) is 8.13. The summed E-state index contributed by atoms with van der Waals surface area (Å²) in [4.78, 5) is 30.0. The monoisotopic (exact) mass is 420 g/mol. The lowest BCUT2D eigenvalue weighted by Gasteiger charge is -2.18. The molecule has 4 aromatic rings. The number of aromatic nitrogens is 2. The number of rotatable bonds is 5. The number of nitrogens with zero attached hydrogens (tertiary/aromatic N) is 2. The minimum Gasteiger partial charge on any atom is -0.423 e. The summed E-state index contributed by atoms with van der Waals surface area (Å²) in [6.07, 6.45) is 0.823. The van der Waals surface area contributed by atoms with Gasteiger partial charge in [0.2, 0.25) is 0 Å². The molecule has 4 rings (SSSR count). The fourth-order valence-corrected chi connectivity index (χ4v) is 4.63. The van der Waals surface area contributed by atoms with Crippen molar-refractivity contribution in [2.24, 2.45) is 0 Å². The summed E-state index contributed by atoms with van der Waals surface area (Å²) in [5, 5.41) is 2.21. The Balaban J connectivity index is 1.82. The highest BCUT2D eigenvalue weighted by molar-refractivity contribution is 7.98. The van der Waals surface area contributed by atoms with Crippen molar-refractivity contribution < 1.29 is 4.42 Å². The van der Waals surface area contributed by atoms with E-state index < -0.39 is 0 Å². The van der Waals surface area contributed by atoms with E-state index >= 15 is 0 Å². The first kappa shape index (κ1) is 20.4. The fourth-order valence-electron chi connectivity index (χ4n) is 3.54. The van der Waals surface area contributed by atoms with Crippen LogP contribution >= 0.6 is 11.8 Å². The van der Waals surface area contributed by atoms with Crippen LogP contribution in [0.3, 0.4) is 0 Å². The minimum atomic E-state index is -0.368. The first-order valence-electron chi connectivity index (χ1n) is 10.1. The number of para-hydroxylation sites is 1. The lowest BCUT2D eigenvalue weighted by atomic mass is 10.0. The molecule has 6 heteroatoms. The molecule has 0 N–H and O–H groups in total. The molecule has 0 amide bonds. The first-order chi connectivity index (χ1) is 14.4. The van der Waals surface area contributed by atoms with Gasteiger partial charge in [-0.05, 0) is 68.1 Å². The van der Waals surface area contributed by atoms with Crippen molar-refractivity contribution in [1.82, 2.24) is 9.55 Å². The Bertz CT molecular complexity index is 1370. The van der Waals surface area contributed by atoms with E-state index in [0.29, 0.717) is 27.4 Å². The van der Waals surface area contributed by atoms with Gasteiger partial charge < -0.3 is 4.42 Å². The van der Waals surface area contributed by atoms with Gasteiger partial charge in [0.1, 0.15) is 5.58 Å². The predicted molar refractivity (Wildman–Crippen MR) is 123 cm³/mol. The van der Waals surface area contributed by atoms with Crippen LogP contribution in [0.1, 0.15) is 43.0 Å². The molecule has 0 saturated heterocycles. The maximum atomic E-state index is 13.2. The van der Waals surface area contributed by atoms with E-state index in [2.05, 4.69) is 13.0 Å². The van der Waals surface area contributed by atoms with Crippen LogP contribution in [0.5, 0.6) is 0 Å². The van der Waals surface area contributed by atoms with Crippen LogP contribution in [-0.4, -0.2) is 9.55 Å².